The van der Waals surface area contributed by atoms with Crippen molar-refractivity contribution in [2.24, 2.45) is 0 Å². The number of alkyl halides is 3. The normalized spacial score (nSPS) is 13.5. The van der Waals surface area contributed by atoms with E-state index in [2.05, 4.69) is 4.72 Å². The van der Waals surface area contributed by atoms with Crippen molar-refractivity contribution in [1.82, 2.24) is 4.72 Å². The molecule has 0 aromatic heterocycles. The lowest BCUT2D eigenvalue weighted by molar-refractivity contribution is -0.137. The fraction of sp³-hybridized carbons (Fsp3) is 0.250. The zero-order valence-corrected chi connectivity index (χ0v) is 13.9. The van der Waals surface area contributed by atoms with Gasteiger partial charge in [0, 0.05) is 6.54 Å². The van der Waals surface area contributed by atoms with Crippen molar-refractivity contribution in [3.63, 3.8) is 0 Å². The van der Waals surface area contributed by atoms with Crippen molar-refractivity contribution in [1.29, 1.82) is 0 Å². The second-order valence-electron chi connectivity index (χ2n) is 5.14. The van der Waals surface area contributed by atoms with E-state index < -0.39 is 34.4 Å². The third-order valence-electron chi connectivity index (χ3n) is 3.45. The van der Waals surface area contributed by atoms with Gasteiger partial charge in [-0.2, -0.15) is 13.2 Å². The Balaban J connectivity index is 2.09. The minimum Gasteiger partial charge on any atom is -0.495 e. The number of ether oxygens (including phenoxy) is 1. The topological polar surface area (TPSA) is 75.6 Å². The van der Waals surface area contributed by atoms with E-state index in [4.69, 9.17) is 4.74 Å². The van der Waals surface area contributed by atoms with Crippen molar-refractivity contribution in [2.75, 3.05) is 13.7 Å². The fourth-order valence-corrected chi connectivity index (χ4v) is 3.33. The molecule has 2 rings (SSSR count). The van der Waals surface area contributed by atoms with Crippen LogP contribution in [0.2, 0.25) is 0 Å². The number of rotatable bonds is 6. The van der Waals surface area contributed by atoms with E-state index in [0.29, 0.717) is 0 Å². The van der Waals surface area contributed by atoms with Gasteiger partial charge in [0.25, 0.3) is 0 Å². The van der Waals surface area contributed by atoms with Crippen LogP contribution in [0.3, 0.4) is 0 Å². The molecule has 0 heterocycles. The molecule has 2 aromatic carbocycles. The predicted octanol–water partition coefficient (Wildman–Crippen LogP) is 2.73. The highest BCUT2D eigenvalue weighted by atomic mass is 32.2. The molecule has 0 aliphatic carbocycles. The van der Waals surface area contributed by atoms with Gasteiger partial charge in [0.05, 0.1) is 18.8 Å². The van der Waals surface area contributed by atoms with Crippen molar-refractivity contribution in [3.05, 3.63) is 59.7 Å². The van der Waals surface area contributed by atoms with E-state index in [1.54, 1.807) is 6.07 Å². The Morgan fingerprint density at radius 2 is 1.72 bits per heavy atom. The van der Waals surface area contributed by atoms with Crippen LogP contribution in [0.4, 0.5) is 13.2 Å². The molecule has 2 N–H and O–H groups in total. The van der Waals surface area contributed by atoms with Crippen LogP contribution >= 0.6 is 0 Å². The molecular weight excluding hydrogens is 359 g/mol. The summed E-state index contributed by atoms with van der Waals surface area (Å²) in [4.78, 5) is -0.0999. The van der Waals surface area contributed by atoms with Crippen LogP contribution in [0.5, 0.6) is 5.75 Å². The molecule has 0 aliphatic rings. The highest BCUT2D eigenvalue weighted by Gasteiger charge is 2.30. The molecule has 1 unspecified atom stereocenters. The molecule has 136 valence electrons. The van der Waals surface area contributed by atoms with Gasteiger partial charge in [0.15, 0.2) is 0 Å². The molecule has 0 aliphatic heterocycles. The first kappa shape index (κ1) is 19.2. The summed E-state index contributed by atoms with van der Waals surface area (Å²) in [5.74, 6) is 0.138. The molecule has 2 aromatic rings. The summed E-state index contributed by atoms with van der Waals surface area (Å²) in [6.07, 6.45) is -5.78. The third-order valence-corrected chi connectivity index (χ3v) is 4.91. The van der Waals surface area contributed by atoms with E-state index in [9.17, 15) is 26.7 Å². The maximum Gasteiger partial charge on any atom is 0.416 e. The Hall–Kier alpha value is -2.10. The Labute approximate surface area is 143 Å². The summed E-state index contributed by atoms with van der Waals surface area (Å²) in [5.41, 5.74) is -0.686. The van der Waals surface area contributed by atoms with E-state index in [1.165, 1.54) is 25.3 Å². The van der Waals surface area contributed by atoms with Crippen LogP contribution in [-0.2, 0) is 16.2 Å². The highest BCUT2D eigenvalue weighted by Crippen LogP contribution is 2.30. The lowest BCUT2D eigenvalue weighted by Crippen LogP contribution is -2.28. The molecular formula is C16H16F3NO4S. The molecule has 9 heteroatoms. The Bertz CT molecular complexity index is 820. The zero-order chi connectivity index (χ0) is 18.7. The zero-order valence-electron chi connectivity index (χ0n) is 13.1. The highest BCUT2D eigenvalue weighted by molar-refractivity contribution is 7.89. The van der Waals surface area contributed by atoms with E-state index in [0.717, 1.165) is 24.3 Å². The summed E-state index contributed by atoms with van der Waals surface area (Å²) in [5, 5.41) is 10.0. The maximum atomic E-state index is 12.5. The first-order chi connectivity index (χ1) is 11.6. The number of halogens is 3. The number of sulfonamides is 1. The molecule has 0 spiro atoms. The maximum absolute atomic E-state index is 12.5. The number of aliphatic hydroxyl groups is 1. The second kappa shape index (κ2) is 7.42. The first-order valence-electron chi connectivity index (χ1n) is 7.13. The summed E-state index contributed by atoms with van der Waals surface area (Å²) < 4.78 is 69.3. The van der Waals surface area contributed by atoms with Gasteiger partial charge in [-0.25, -0.2) is 13.1 Å². The molecule has 0 fully saturated rings. The van der Waals surface area contributed by atoms with Crippen LogP contribution in [0.1, 0.15) is 17.2 Å². The van der Waals surface area contributed by atoms with Gasteiger partial charge >= 0.3 is 6.18 Å². The average Bonchev–Trinajstić information content (AvgIpc) is 2.59. The van der Waals surface area contributed by atoms with Crippen molar-refractivity contribution in [2.45, 2.75) is 17.2 Å². The van der Waals surface area contributed by atoms with E-state index in [-0.39, 0.29) is 16.2 Å². The molecule has 0 amide bonds. The van der Waals surface area contributed by atoms with Gasteiger partial charge in [-0.1, -0.05) is 24.3 Å². The van der Waals surface area contributed by atoms with Crippen molar-refractivity contribution < 1.29 is 31.4 Å². The van der Waals surface area contributed by atoms with E-state index >= 15 is 0 Å². The minimum absolute atomic E-state index is 0.0999. The Morgan fingerprint density at radius 3 is 2.28 bits per heavy atom. The summed E-state index contributed by atoms with van der Waals surface area (Å²) in [6.45, 7) is -0.397. The largest absolute Gasteiger partial charge is 0.495 e. The average molecular weight is 375 g/mol. The van der Waals surface area contributed by atoms with Gasteiger partial charge in [-0.05, 0) is 29.8 Å². The third kappa shape index (κ3) is 4.71. The number of nitrogens with one attached hydrogen (secondary N) is 1. The number of hydrogen-bond donors (Lipinski definition) is 2. The lowest BCUT2D eigenvalue weighted by atomic mass is 10.1. The van der Waals surface area contributed by atoms with Gasteiger partial charge in [0.1, 0.15) is 10.6 Å². The van der Waals surface area contributed by atoms with Crippen LogP contribution < -0.4 is 9.46 Å². The van der Waals surface area contributed by atoms with Gasteiger partial charge in [-0.3, -0.25) is 0 Å². The van der Waals surface area contributed by atoms with Crippen LogP contribution in [0, 0.1) is 0 Å². The predicted molar refractivity (Wildman–Crippen MR) is 84.6 cm³/mol. The molecule has 5 nitrogen and oxygen atoms in total. The second-order valence-corrected chi connectivity index (χ2v) is 6.87. The molecule has 0 bridgehead atoms. The SMILES string of the molecule is COc1ccccc1S(=O)(=O)NCC(O)c1ccc(C(F)(F)F)cc1. The number of para-hydroxylation sites is 1. The lowest BCUT2D eigenvalue weighted by Gasteiger charge is -2.15. The molecule has 0 radical (unpaired) electrons. The monoisotopic (exact) mass is 375 g/mol. The van der Waals surface area contributed by atoms with Gasteiger partial charge < -0.3 is 9.84 Å². The molecule has 0 saturated carbocycles. The smallest absolute Gasteiger partial charge is 0.416 e. The number of aliphatic hydroxyl groups excluding tert-OH is 1. The van der Waals surface area contributed by atoms with Crippen molar-refractivity contribution in [3.8, 4) is 5.75 Å². The van der Waals surface area contributed by atoms with Gasteiger partial charge in [0.2, 0.25) is 10.0 Å². The Morgan fingerprint density at radius 1 is 1.12 bits per heavy atom. The van der Waals surface area contributed by atoms with E-state index in [1.807, 2.05) is 0 Å². The van der Waals surface area contributed by atoms with Crippen LogP contribution in [0.25, 0.3) is 0 Å². The molecule has 0 saturated heterocycles. The minimum atomic E-state index is -4.48. The molecule has 1 atom stereocenters. The van der Waals surface area contributed by atoms with Crippen molar-refractivity contribution >= 4 is 10.0 Å². The number of methoxy groups -OCH3 is 1. The number of benzene rings is 2. The summed E-state index contributed by atoms with van der Waals surface area (Å²) in [6, 6.07) is 9.79. The Kier molecular flexibility index (Phi) is 5.71. The summed E-state index contributed by atoms with van der Waals surface area (Å²) >= 11 is 0. The van der Waals surface area contributed by atoms with Gasteiger partial charge in [-0.15, -0.1) is 0 Å². The summed E-state index contributed by atoms with van der Waals surface area (Å²) in [7, 11) is -2.63. The quantitative estimate of drug-likeness (QED) is 0.814. The fourth-order valence-electron chi connectivity index (χ4n) is 2.12. The number of hydrogen-bond acceptors (Lipinski definition) is 4. The van der Waals surface area contributed by atoms with Crippen LogP contribution in [-0.4, -0.2) is 27.2 Å². The standard InChI is InChI=1S/C16H16F3NO4S/c1-24-14-4-2-3-5-15(14)25(22,23)20-10-13(21)11-6-8-12(9-7-11)16(17,18)19/h2-9,13,20-21H,10H2,1H3. The first-order valence-corrected chi connectivity index (χ1v) is 8.61. The van der Waals surface area contributed by atoms with Crippen LogP contribution in [0.15, 0.2) is 53.4 Å². The molecule has 25 heavy (non-hydrogen) atoms.